The molecule has 0 spiro atoms. The molecule has 0 radical (unpaired) electrons. The maximum absolute atomic E-state index is 13.1. The molecule has 3 aromatic rings. The van der Waals surface area contributed by atoms with Crippen LogP contribution in [0.1, 0.15) is 45.2 Å². The number of unbranched alkanes of at least 4 members (excludes halogenated alkanes) is 1. The lowest BCUT2D eigenvalue weighted by molar-refractivity contribution is -0.139. The van der Waals surface area contributed by atoms with E-state index in [1.165, 1.54) is 0 Å². The van der Waals surface area contributed by atoms with Gasteiger partial charge in [0.05, 0.1) is 35.9 Å². The smallest absolute Gasteiger partial charge is 0.338 e. The summed E-state index contributed by atoms with van der Waals surface area (Å²) >= 11 is 0. The minimum atomic E-state index is -0.335. The number of rotatable bonds is 7. The molecule has 0 bridgehead atoms. The van der Waals surface area contributed by atoms with E-state index in [9.17, 15) is 4.79 Å². The fourth-order valence-electron chi connectivity index (χ4n) is 3.84. The standard InChI is InChI=1S/C24H27N3O3/c1-4-6-15-30-23(28)21-16(3)25-24-26-19-9-7-8-10-20(19)27(24)22(21)17-11-13-18(14-12-17)29-5-2/h7-14,22H,4-6,15H2,1-3H3,(H,25,26). The summed E-state index contributed by atoms with van der Waals surface area (Å²) < 4.78 is 13.3. The summed E-state index contributed by atoms with van der Waals surface area (Å²) in [6, 6.07) is 15.5. The second kappa shape index (κ2) is 8.61. The fourth-order valence-corrected chi connectivity index (χ4v) is 3.84. The zero-order valence-corrected chi connectivity index (χ0v) is 17.6. The summed E-state index contributed by atoms with van der Waals surface area (Å²) in [4.78, 5) is 17.9. The van der Waals surface area contributed by atoms with Crippen LogP contribution in [0.15, 0.2) is 59.8 Å². The summed E-state index contributed by atoms with van der Waals surface area (Å²) in [6.07, 6.45) is 1.82. The Morgan fingerprint density at radius 3 is 2.63 bits per heavy atom. The molecule has 2 heterocycles. The number of nitrogens with one attached hydrogen (secondary N) is 1. The number of carbonyl (C=O) groups is 1. The van der Waals surface area contributed by atoms with Crippen molar-refractivity contribution in [1.29, 1.82) is 0 Å². The number of imidazole rings is 1. The molecule has 2 aromatic carbocycles. The number of hydrogen-bond donors (Lipinski definition) is 1. The Labute approximate surface area is 176 Å². The number of allylic oxidation sites excluding steroid dienone is 1. The lowest BCUT2D eigenvalue weighted by atomic mass is 9.95. The molecular weight excluding hydrogens is 378 g/mol. The molecule has 156 valence electrons. The molecule has 1 atom stereocenters. The summed E-state index contributed by atoms with van der Waals surface area (Å²) in [5.41, 5.74) is 4.19. The summed E-state index contributed by atoms with van der Waals surface area (Å²) in [6.45, 7) is 6.96. The molecule has 1 aliphatic rings. The molecule has 0 saturated heterocycles. The first-order valence-electron chi connectivity index (χ1n) is 10.5. The Morgan fingerprint density at radius 2 is 1.90 bits per heavy atom. The first-order chi connectivity index (χ1) is 14.6. The topological polar surface area (TPSA) is 65.4 Å². The molecular formula is C24H27N3O3. The number of ether oxygens (including phenoxy) is 2. The minimum absolute atomic E-state index is 0.296. The first-order valence-corrected chi connectivity index (χ1v) is 10.5. The number of benzene rings is 2. The van der Waals surface area contributed by atoms with Crippen LogP contribution in [0.5, 0.6) is 5.75 Å². The number of fused-ring (bicyclic) bond motifs is 3. The lowest BCUT2D eigenvalue weighted by Gasteiger charge is -2.30. The Morgan fingerprint density at radius 1 is 1.13 bits per heavy atom. The number of para-hydroxylation sites is 2. The normalized spacial score (nSPS) is 15.6. The van der Waals surface area contributed by atoms with E-state index >= 15 is 0 Å². The van der Waals surface area contributed by atoms with Crippen LogP contribution in [-0.4, -0.2) is 28.7 Å². The van der Waals surface area contributed by atoms with Crippen LogP contribution in [0, 0.1) is 0 Å². The van der Waals surface area contributed by atoms with Crippen molar-refractivity contribution in [3.05, 3.63) is 65.4 Å². The van der Waals surface area contributed by atoms with Crippen molar-refractivity contribution in [1.82, 2.24) is 9.55 Å². The molecule has 1 N–H and O–H groups in total. The number of hydrogen-bond acceptors (Lipinski definition) is 5. The highest BCUT2D eigenvalue weighted by Gasteiger charge is 2.34. The monoisotopic (exact) mass is 405 g/mol. The maximum Gasteiger partial charge on any atom is 0.338 e. The van der Waals surface area contributed by atoms with Crippen molar-refractivity contribution < 1.29 is 14.3 Å². The van der Waals surface area contributed by atoms with Crippen molar-refractivity contribution in [2.75, 3.05) is 18.5 Å². The minimum Gasteiger partial charge on any atom is -0.494 e. The SMILES string of the molecule is CCCCOC(=O)C1=C(C)Nc2nc3ccccc3n2C1c1ccc(OCC)cc1. The lowest BCUT2D eigenvalue weighted by Crippen LogP contribution is -2.29. The van der Waals surface area contributed by atoms with Gasteiger partial charge < -0.3 is 14.8 Å². The van der Waals surface area contributed by atoms with Gasteiger partial charge in [-0.1, -0.05) is 37.6 Å². The van der Waals surface area contributed by atoms with Crippen LogP contribution in [0.4, 0.5) is 5.95 Å². The second-order valence-electron chi connectivity index (χ2n) is 7.35. The molecule has 6 heteroatoms. The Hall–Kier alpha value is -3.28. The molecule has 1 unspecified atom stereocenters. The quantitative estimate of drug-likeness (QED) is 0.439. The van der Waals surface area contributed by atoms with Crippen LogP contribution >= 0.6 is 0 Å². The highest BCUT2D eigenvalue weighted by molar-refractivity contribution is 5.94. The van der Waals surface area contributed by atoms with E-state index in [1.54, 1.807) is 0 Å². The van der Waals surface area contributed by atoms with E-state index in [0.29, 0.717) is 18.8 Å². The fraction of sp³-hybridized carbons (Fsp3) is 0.333. The maximum atomic E-state index is 13.1. The zero-order valence-electron chi connectivity index (χ0n) is 17.6. The Bertz CT molecular complexity index is 1080. The predicted molar refractivity (Wildman–Crippen MR) is 118 cm³/mol. The Kier molecular flexibility index (Phi) is 5.74. The van der Waals surface area contributed by atoms with Gasteiger partial charge in [-0.3, -0.25) is 4.57 Å². The highest BCUT2D eigenvalue weighted by Crippen LogP contribution is 2.39. The van der Waals surface area contributed by atoms with Gasteiger partial charge in [0.1, 0.15) is 5.75 Å². The van der Waals surface area contributed by atoms with Crippen LogP contribution in [0.2, 0.25) is 0 Å². The number of nitrogens with zero attached hydrogens (tertiary/aromatic N) is 2. The van der Waals surface area contributed by atoms with Crippen molar-refractivity contribution in [3.63, 3.8) is 0 Å². The third kappa shape index (κ3) is 3.65. The van der Waals surface area contributed by atoms with Gasteiger partial charge in [0.2, 0.25) is 5.95 Å². The van der Waals surface area contributed by atoms with Gasteiger partial charge >= 0.3 is 5.97 Å². The average Bonchev–Trinajstić information content (AvgIpc) is 3.11. The van der Waals surface area contributed by atoms with E-state index < -0.39 is 0 Å². The summed E-state index contributed by atoms with van der Waals surface area (Å²) in [5.74, 6) is 1.23. The molecule has 0 amide bonds. The van der Waals surface area contributed by atoms with Gasteiger partial charge in [-0.05, 0) is 50.1 Å². The van der Waals surface area contributed by atoms with E-state index in [0.717, 1.165) is 46.8 Å². The third-order valence-electron chi connectivity index (χ3n) is 5.29. The molecule has 4 rings (SSSR count). The molecule has 1 aromatic heterocycles. The van der Waals surface area contributed by atoms with Crippen LogP contribution in [0.3, 0.4) is 0 Å². The van der Waals surface area contributed by atoms with Crippen molar-refractivity contribution in [3.8, 4) is 5.75 Å². The zero-order chi connectivity index (χ0) is 21.1. The van der Waals surface area contributed by atoms with Gasteiger partial charge in [-0.15, -0.1) is 0 Å². The third-order valence-corrected chi connectivity index (χ3v) is 5.29. The van der Waals surface area contributed by atoms with Gasteiger partial charge in [0.15, 0.2) is 0 Å². The second-order valence-corrected chi connectivity index (χ2v) is 7.35. The van der Waals surface area contributed by atoms with E-state index in [4.69, 9.17) is 14.5 Å². The molecule has 0 aliphatic carbocycles. The molecule has 1 aliphatic heterocycles. The summed E-state index contributed by atoms with van der Waals surface area (Å²) in [7, 11) is 0. The van der Waals surface area contributed by atoms with Crippen molar-refractivity contribution >= 4 is 23.0 Å². The molecule has 0 fully saturated rings. The van der Waals surface area contributed by atoms with Gasteiger partial charge in [0.25, 0.3) is 0 Å². The van der Waals surface area contributed by atoms with Gasteiger partial charge in [-0.2, -0.15) is 0 Å². The van der Waals surface area contributed by atoms with Crippen LogP contribution < -0.4 is 10.1 Å². The molecule has 6 nitrogen and oxygen atoms in total. The van der Waals surface area contributed by atoms with E-state index in [1.807, 2.05) is 62.4 Å². The highest BCUT2D eigenvalue weighted by atomic mass is 16.5. The van der Waals surface area contributed by atoms with Crippen LogP contribution in [0.25, 0.3) is 11.0 Å². The number of esters is 1. The Balaban J connectivity index is 1.83. The van der Waals surface area contributed by atoms with Gasteiger partial charge in [-0.25, -0.2) is 9.78 Å². The number of anilines is 1. The first kappa shape index (κ1) is 20.0. The molecule has 30 heavy (non-hydrogen) atoms. The summed E-state index contributed by atoms with van der Waals surface area (Å²) in [5, 5.41) is 3.31. The van der Waals surface area contributed by atoms with Gasteiger partial charge in [0, 0.05) is 5.70 Å². The van der Waals surface area contributed by atoms with Crippen LogP contribution in [-0.2, 0) is 9.53 Å². The largest absolute Gasteiger partial charge is 0.494 e. The van der Waals surface area contributed by atoms with Crippen molar-refractivity contribution in [2.45, 2.75) is 39.7 Å². The predicted octanol–water partition coefficient (Wildman–Crippen LogP) is 5.07. The molecule has 0 saturated carbocycles. The average molecular weight is 405 g/mol. The van der Waals surface area contributed by atoms with Crippen molar-refractivity contribution in [2.24, 2.45) is 0 Å². The van der Waals surface area contributed by atoms with E-state index in [-0.39, 0.29) is 12.0 Å². The number of aromatic nitrogens is 2. The van der Waals surface area contributed by atoms with E-state index in [2.05, 4.69) is 16.8 Å². The number of carbonyl (C=O) groups excluding carboxylic acids is 1.